The second-order valence-electron chi connectivity index (χ2n) is 21.2. The number of piperazine rings is 2. The van der Waals surface area contributed by atoms with Crippen LogP contribution in [0.2, 0.25) is 0 Å². The van der Waals surface area contributed by atoms with Crippen LogP contribution in [-0.4, -0.2) is 178 Å². The average Bonchev–Trinajstić information content (AvgIpc) is 1.90. The summed E-state index contributed by atoms with van der Waals surface area (Å²) in [6.45, 7) is 8.13. The van der Waals surface area contributed by atoms with Gasteiger partial charge in [0.15, 0.2) is 22.7 Å². The molecule has 0 spiro atoms. The lowest BCUT2D eigenvalue weighted by Gasteiger charge is -2.43. The van der Waals surface area contributed by atoms with Crippen molar-refractivity contribution in [2.24, 2.45) is 0 Å². The minimum Gasteiger partial charge on any atom is -0.497 e. The fourth-order valence-electron chi connectivity index (χ4n) is 11.6. The van der Waals surface area contributed by atoms with Crippen LogP contribution in [0.25, 0.3) is 33.8 Å². The standard InChI is InChI=1S/2C31H34F3N5O5/c2*1-18-16-37(25(17-40)23-14-22(43-4)10-11-26(23)44-5)12-13-38(18)30(41)24-15-35-39-28(31(32,33)34)19(2)27(36-29(24)39)20-6-8-21(42-3)9-7-20/h2*6-11,14-15,18,25,40H,12-13,16-17H2,1-5H3/t18-,25+;18-,25-/m11/s1. The molecule has 4 aromatic heterocycles. The lowest BCUT2D eigenvalue weighted by Crippen LogP contribution is -2.55. The van der Waals surface area contributed by atoms with Gasteiger partial charge in [0.2, 0.25) is 0 Å². The Balaban J connectivity index is 0.000000209. The van der Waals surface area contributed by atoms with Crippen molar-refractivity contribution in [1.29, 1.82) is 0 Å². The summed E-state index contributed by atoms with van der Waals surface area (Å²) < 4.78 is 120. The molecule has 0 unspecified atom stereocenters. The van der Waals surface area contributed by atoms with Crippen LogP contribution in [-0.2, 0) is 12.4 Å². The molecule has 10 rings (SSSR count). The maximum Gasteiger partial charge on any atom is 0.433 e. The molecule has 2 aliphatic rings. The molecule has 4 atom stereocenters. The van der Waals surface area contributed by atoms with Crippen LogP contribution in [0.3, 0.4) is 0 Å². The number of carbonyl (C=O) groups is 2. The van der Waals surface area contributed by atoms with Crippen LogP contribution < -0.4 is 28.4 Å². The summed E-state index contributed by atoms with van der Waals surface area (Å²) in [5.74, 6) is 2.56. The lowest BCUT2D eigenvalue weighted by molar-refractivity contribution is -0.144. The van der Waals surface area contributed by atoms with Gasteiger partial charge in [0.05, 0.1) is 91.7 Å². The van der Waals surface area contributed by atoms with E-state index in [1.54, 1.807) is 111 Å². The monoisotopic (exact) mass is 1230 g/mol. The molecule has 0 saturated carbocycles. The van der Waals surface area contributed by atoms with E-state index in [4.69, 9.17) is 28.4 Å². The maximum absolute atomic E-state index is 14.4. The van der Waals surface area contributed by atoms with Crippen LogP contribution in [0.5, 0.6) is 34.5 Å². The molecular formula is C62H68F6N10O10. The Morgan fingerprint density at radius 1 is 0.523 bits per heavy atom. The molecule has 88 heavy (non-hydrogen) atoms. The third kappa shape index (κ3) is 12.6. The highest BCUT2D eigenvalue weighted by Gasteiger charge is 2.42. The molecule has 0 radical (unpaired) electrons. The molecule has 0 aliphatic carbocycles. The zero-order valence-electron chi connectivity index (χ0n) is 50.1. The van der Waals surface area contributed by atoms with Gasteiger partial charge in [0, 0.05) is 84.7 Å². The molecule has 26 heteroatoms. The van der Waals surface area contributed by atoms with Crippen molar-refractivity contribution < 1.29 is 74.6 Å². The number of benzene rings is 4. The number of aliphatic hydroxyl groups is 2. The number of hydrogen-bond acceptors (Lipinski definition) is 16. The van der Waals surface area contributed by atoms with Crippen molar-refractivity contribution in [1.82, 2.24) is 48.8 Å². The van der Waals surface area contributed by atoms with Gasteiger partial charge in [-0.15, -0.1) is 0 Å². The third-order valence-corrected chi connectivity index (χ3v) is 16.2. The van der Waals surface area contributed by atoms with E-state index in [-0.39, 0.29) is 83.3 Å². The number of carbonyl (C=O) groups excluding carboxylic acids is 2. The molecular weight excluding hydrogens is 1160 g/mol. The average molecular weight is 1230 g/mol. The van der Waals surface area contributed by atoms with Gasteiger partial charge in [-0.3, -0.25) is 19.4 Å². The topological polar surface area (TPSA) is 203 Å². The number of rotatable bonds is 16. The minimum atomic E-state index is -4.75. The Bertz CT molecular complexity index is 3560. The Labute approximate surface area is 503 Å². The first kappa shape index (κ1) is 63.8. The van der Waals surface area contributed by atoms with Crippen molar-refractivity contribution in [3.63, 3.8) is 0 Å². The molecule has 0 bridgehead atoms. The van der Waals surface area contributed by atoms with Crippen molar-refractivity contribution >= 4 is 23.1 Å². The minimum absolute atomic E-state index is 0.0289. The van der Waals surface area contributed by atoms with Crippen LogP contribution in [0.15, 0.2) is 97.3 Å². The van der Waals surface area contributed by atoms with E-state index in [0.29, 0.717) is 80.8 Å². The number of aromatic nitrogens is 6. The van der Waals surface area contributed by atoms with E-state index in [0.717, 1.165) is 23.5 Å². The van der Waals surface area contributed by atoms with Gasteiger partial charge >= 0.3 is 12.4 Å². The predicted molar refractivity (Wildman–Crippen MR) is 312 cm³/mol. The lowest BCUT2D eigenvalue weighted by atomic mass is 10.0. The van der Waals surface area contributed by atoms with Gasteiger partial charge in [0.1, 0.15) is 45.6 Å². The van der Waals surface area contributed by atoms with Gasteiger partial charge in [-0.2, -0.15) is 36.5 Å². The molecule has 2 fully saturated rings. The fraction of sp³-hybridized carbons (Fsp3) is 0.387. The van der Waals surface area contributed by atoms with Crippen LogP contribution in [0, 0.1) is 13.8 Å². The van der Waals surface area contributed by atoms with Gasteiger partial charge in [-0.05, 0) is 113 Å². The Morgan fingerprint density at radius 2 is 0.864 bits per heavy atom. The first-order valence-electron chi connectivity index (χ1n) is 28.0. The summed E-state index contributed by atoms with van der Waals surface area (Å²) in [6, 6.07) is 22.2. The molecule has 2 N–H and O–H groups in total. The number of nitrogens with zero attached hydrogens (tertiary/aromatic N) is 10. The molecule has 8 aromatic rings. The second kappa shape index (κ2) is 26.3. The van der Waals surface area contributed by atoms with Crippen LogP contribution in [0.4, 0.5) is 26.3 Å². The first-order valence-corrected chi connectivity index (χ1v) is 28.0. The van der Waals surface area contributed by atoms with E-state index in [2.05, 4.69) is 20.2 Å². The number of methoxy groups -OCH3 is 6. The summed E-state index contributed by atoms with van der Waals surface area (Å²) in [5.41, 5.74) is -0.0554. The quantitative estimate of drug-likeness (QED) is 0.0866. The van der Waals surface area contributed by atoms with Crippen molar-refractivity contribution in [3.8, 4) is 57.0 Å². The van der Waals surface area contributed by atoms with Crippen LogP contribution >= 0.6 is 0 Å². The van der Waals surface area contributed by atoms with Gasteiger partial charge in [0.25, 0.3) is 11.8 Å². The first-order chi connectivity index (χ1) is 42.0. The van der Waals surface area contributed by atoms with E-state index < -0.39 is 47.6 Å². The molecule has 468 valence electrons. The molecule has 2 aliphatic heterocycles. The summed E-state index contributed by atoms with van der Waals surface area (Å²) in [5, 5.41) is 28.7. The summed E-state index contributed by atoms with van der Waals surface area (Å²) in [6.07, 6.45) is -7.21. The third-order valence-electron chi connectivity index (χ3n) is 16.2. The smallest absolute Gasteiger partial charge is 0.433 e. The summed E-state index contributed by atoms with van der Waals surface area (Å²) in [4.78, 5) is 44.2. The normalized spacial score (nSPS) is 16.7. The van der Waals surface area contributed by atoms with E-state index in [1.165, 1.54) is 28.1 Å². The second-order valence-corrected chi connectivity index (χ2v) is 21.2. The fourth-order valence-corrected chi connectivity index (χ4v) is 11.6. The zero-order valence-corrected chi connectivity index (χ0v) is 50.1. The molecule has 4 aromatic carbocycles. The highest BCUT2D eigenvalue weighted by Crippen LogP contribution is 2.41. The molecule has 6 heterocycles. The molecule has 2 amide bonds. The molecule has 20 nitrogen and oxygen atoms in total. The highest BCUT2D eigenvalue weighted by atomic mass is 19.4. The van der Waals surface area contributed by atoms with Gasteiger partial charge < -0.3 is 48.4 Å². The van der Waals surface area contributed by atoms with Crippen LogP contribution in [0.1, 0.15) is 80.3 Å². The van der Waals surface area contributed by atoms with Gasteiger partial charge in [-0.25, -0.2) is 19.0 Å². The Kier molecular flexibility index (Phi) is 19.1. The number of amides is 2. The number of aliphatic hydroxyl groups excluding tert-OH is 2. The Morgan fingerprint density at radius 3 is 1.16 bits per heavy atom. The highest BCUT2D eigenvalue weighted by molar-refractivity contribution is 6.01. The largest absolute Gasteiger partial charge is 0.497 e. The summed E-state index contributed by atoms with van der Waals surface area (Å²) >= 11 is 0. The number of fused-ring (bicyclic) bond motifs is 2. The number of hydrogen-bond donors (Lipinski definition) is 2. The molecule has 2 saturated heterocycles. The van der Waals surface area contributed by atoms with E-state index in [1.807, 2.05) is 35.8 Å². The summed E-state index contributed by atoms with van der Waals surface area (Å²) in [7, 11) is 9.21. The number of ether oxygens (including phenoxy) is 6. The van der Waals surface area contributed by atoms with Crippen molar-refractivity contribution in [2.75, 3.05) is 95.1 Å². The van der Waals surface area contributed by atoms with E-state index >= 15 is 0 Å². The predicted octanol–water partition coefficient (Wildman–Crippen LogP) is 9.26. The van der Waals surface area contributed by atoms with Crippen molar-refractivity contribution in [2.45, 2.75) is 64.2 Å². The Hall–Kier alpha value is -8.72. The SMILES string of the molecule is COc1ccc(-c2nc3c(C(=O)N4CCN([C@@H](CO)c5cc(OC)ccc5OC)C[C@H]4C)cnn3c(C(F)(F)F)c2C)cc1.COc1ccc(-c2nc3c(C(=O)N4CCN([C@H](CO)c5cc(OC)ccc5OC)C[C@H]4C)cnn3c(C(F)(F)F)c2C)cc1. The number of halogens is 6. The van der Waals surface area contributed by atoms with Gasteiger partial charge in [-0.1, -0.05) is 0 Å². The number of alkyl halides is 6. The van der Waals surface area contributed by atoms with Crippen molar-refractivity contribution in [3.05, 3.63) is 142 Å². The van der Waals surface area contributed by atoms with E-state index in [9.17, 15) is 46.1 Å². The maximum atomic E-state index is 14.4. The zero-order chi connectivity index (χ0) is 63.5.